The molecular formula is C18H18N2O2. The normalized spacial score (nSPS) is 12.3. The molecule has 112 valence electrons. The molecule has 0 amide bonds. The van der Waals surface area contributed by atoms with Crippen LogP contribution in [-0.4, -0.2) is 22.4 Å². The summed E-state index contributed by atoms with van der Waals surface area (Å²) >= 11 is 0. The Morgan fingerprint density at radius 3 is 2.45 bits per heavy atom. The number of hydrogen-bond donors (Lipinski definition) is 0. The van der Waals surface area contributed by atoms with E-state index in [0.717, 1.165) is 28.2 Å². The van der Waals surface area contributed by atoms with Gasteiger partial charge in [-0.1, -0.05) is 12.1 Å². The van der Waals surface area contributed by atoms with Crippen molar-refractivity contribution < 1.29 is 9.53 Å². The molecule has 0 fully saturated rings. The first-order valence-corrected chi connectivity index (χ1v) is 7.23. The number of fused-ring (bicyclic) bond motifs is 1. The first kappa shape index (κ1) is 14.3. The fraction of sp³-hybridized carbons (Fsp3) is 0.222. The van der Waals surface area contributed by atoms with Gasteiger partial charge < -0.3 is 9.30 Å². The van der Waals surface area contributed by atoms with Gasteiger partial charge in [0.2, 0.25) is 0 Å². The van der Waals surface area contributed by atoms with Gasteiger partial charge in [0, 0.05) is 5.56 Å². The number of ether oxygens (including phenoxy) is 1. The predicted molar refractivity (Wildman–Crippen MR) is 87.1 cm³/mol. The number of Topliss-reactive ketones (excluding diaryl/α,β-unsaturated/α-hetero) is 1. The third kappa shape index (κ3) is 2.37. The Kier molecular flexibility index (Phi) is 3.67. The topological polar surface area (TPSA) is 44.1 Å². The van der Waals surface area contributed by atoms with Gasteiger partial charge in [-0.2, -0.15) is 0 Å². The summed E-state index contributed by atoms with van der Waals surface area (Å²) in [6.45, 7) is 3.51. The lowest BCUT2D eigenvalue weighted by Crippen LogP contribution is -2.14. The van der Waals surface area contributed by atoms with Crippen LogP contribution in [0.3, 0.4) is 0 Å². The highest BCUT2D eigenvalue weighted by molar-refractivity contribution is 5.86. The zero-order valence-corrected chi connectivity index (χ0v) is 12.9. The Morgan fingerprint density at radius 1 is 1.14 bits per heavy atom. The largest absolute Gasteiger partial charge is 0.497 e. The summed E-state index contributed by atoms with van der Waals surface area (Å²) in [5.74, 6) is 1.70. The third-order valence-electron chi connectivity index (χ3n) is 3.92. The van der Waals surface area contributed by atoms with Crippen LogP contribution in [0.25, 0.3) is 22.4 Å². The molecule has 1 aromatic heterocycles. The molecule has 2 aromatic carbocycles. The average molecular weight is 294 g/mol. The van der Waals surface area contributed by atoms with Crippen LogP contribution in [0.4, 0.5) is 0 Å². The molecule has 1 atom stereocenters. The van der Waals surface area contributed by atoms with Crippen LogP contribution in [0.15, 0.2) is 48.5 Å². The number of hydrogen-bond acceptors (Lipinski definition) is 3. The molecule has 0 N–H and O–H groups in total. The Bertz CT molecular complexity index is 819. The third-order valence-corrected chi connectivity index (χ3v) is 3.92. The maximum absolute atomic E-state index is 11.9. The van der Waals surface area contributed by atoms with Gasteiger partial charge in [0.15, 0.2) is 5.78 Å². The summed E-state index contributed by atoms with van der Waals surface area (Å²) in [6, 6.07) is 15.3. The molecule has 0 saturated heterocycles. The van der Waals surface area contributed by atoms with Crippen LogP contribution in [0, 0.1) is 0 Å². The van der Waals surface area contributed by atoms with E-state index < -0.39 is 0 Å². The van der Waals surface area contributed by atoms with Gasteiger partial charge >= 0.3 is 0 Å². The number of ketones is 1. The highest BCUT2D eigenvalue weighted by atomic mass is 16.5. The van der Waals surface area contributed by atoms with E-state index in [-0.39, 0.29) is 11.8 Å². The maximum atomic E-state index is 11.9. The summed E-state index contributed by atoms with van der Waals surface area (Å²) in [5.41, 5.74) is 2.82. The van der Waals surface area contributed by atoms with Crippen LogP contribution < -0.4 is 4.74 Å². The van der Waals surface area contributed by atoms with E-state index in [2.05, 4.69) is 0 Å². The molecule has 1 unspecified atom stereocenters. The molecule has 0 bridgehead atoms. The summed E-state index contributed by atoms with van der Waals surface area (Å²) in [4.78, 5) is 16.6. The van der Waals surface area contributed by atoms with Crippen molar-refractivity contribution in [2.45, 2.75) is 19.9 Å². The van der Waals surface area contributed by atoms with Crippen molar-refractivity contribution in [2.24, 2.45) is 0 Å². The van der Waals surface area contributed by atoms with Crippen LogP contribution in [0.2, 0.25) is 0 Å². The zero-order valence-electron chi connectivity index (χ0n) is 12.9. The van der Waals surface area contributed by atoms with Crippen molar-refractivity contribution in [3.8, 4) is 17.1 Å². The van der Waals surface area contributed by atoms with Crippen molar-refractivity contribution >= 4 is 16.8 Å². The maximum Gasteiger partial charge on any atom is 0.152 e. The minimum absolute atomic E-state index is 0.109. The molecule has 22 heavy (non-hydrogen) atoms. The lowest BCUT2D eigenvalue weighted by Gasteiger charge is -2.15. The number of carbonyl (C=O) groups is 1. The lowest BCUT2D eigenvalue weighted by molar-refractivity contribution is -0.119. The average Bonchev–Trinajstić information content (AvgIpc) is 2.93. The molecule has 0 aliphatic rings. The van der Waals surface area contributed by atoms with Gasteiger partial charge in [-0.05, 0) is 50.2 Å². The number of imidazole rings is 1. The van der Waals surface area contributed by atoms with Crippen LogP contribution in [-0.2, 0) is 4.79 Å². The molecule has 1 heterocycles. The van der Waals surface area contributed by atoms with Gasteiger partial charge in [-0.15, -0.1) is 0 Å². The van der Waals surface area contributed by atoms with E-state index >= 15 is 0 Å². The highest BCUT2D eigenvalue weighted by Gasteiger charge is 2.19. The molecule has 0 spiro atoms. The molecule has 3 rings (SSSR count). The van der Waals surface area contributed by atoms with Crippen molar-refractivity contribution in [3.63, 3.8) is 0 Å². The molecule has 0 aliphatic heterocycles. The van der Waals surface area contributed by atoms with Crippen LogP contribution >= 0.6 is 0 Å². The van der Waals surface area contributed by atoms with Gasteiger partial charge in [0.25, 0.3) is 0 Å². The summed E-state index contributed by atoms with van der Waals surface area (Å²) in [6.07, 6.45) is 0. The Balaban J connectivity index is 2.23. The number of para-hydroxylation sites is 2. The van der Waals surface area contributed by atoms with Crippen molar-refractivity contribution in [2.75, 3.05) is 7.11 Å². The number of nitrogens with zero attached hydrogens (tertiary/aromatic N) is 2. The van der Waals surface area contributed by atoms with E-state index in [1.165, 1.54) is 0 Å². The molecule has 4 heteroatoms. The van der Waals surface area contributed by atoms with E-state index in [4.69, 9.17) is 9.72 Å². The summed E-state index contributed by atoms with van der Waals surface area (Å²) in [5, 5.41) is 0. The SMILES string of the molecule is COc1ccc(-c2nc3ccccc3n2C(C)C(C)=O)cc1. The summed E-state index contributed by atoms with van der Waals surface area (Å²) < 4.78 is 7.20. The van der Waals surface area contributed by atoms with E-state index in [0.29, 0.717) is 0 Å². The summed E-state index contributed by atoms with van der Waals surface area (Å²) in [7, 11) is 1.64. The second-order valence-corrected chi connectivity index (χ2v) is 5.31. The Hall–Kier alpha value is -2.62. The molecule has 0 saturated carbocycles. The first-order valence-electron chi connectivity index (χ1n) is 7.23. The molecular weight excluding hydrogens is 276 g/mol. The number of carbonyl (C=O) groups excluding carboxylic acids is 1. The predicted octanol–water partition coefficient (Wildman–Crippen LogP) is 3.86. The van der Waals surface area contributed by atoms with E-state index in [1.54, 1.807) is 14.0 Å². The van der Waals surface area contributed by atoms with Gasteiger partial charge in [0.05, 0.1) is 24.2 Å². The van der Waals surface area contributed by atoms with Gasteiger partial charge in [-0.25, -0.2) is 4.98 Å². The Morgan fingerprint density at radius 2 is 1.82 bits per heavy atom. The fourth-order valence-electron chi connectivity index (χ4n) is 2.56. The second kappa shape index (κ2) is 5.64. The second-order valence-electron chi connectivity index (χ2n) is 5.31. The standard InChI is InChI=1S/C18H18N2O2/c1-12(13(2)21)20-17-7-5-4-6-16(17)19-18(20)14-8-10-15(22-3)11-9-14/h4-12H,1-3H3. The van der Waals surface area contributed by atoms with E-state index in [9.17, 15) is 4.79 Å². The number of aromatic nitrogens is 2. The van der Waals surface area contributed by atoms with Crippen LogP contribution in [0.1, 0.15) is 19.9 Å². The monoisotopic (exact) mass is 294 g/mol. The zero-order chi connectivity index (χ0) is 15.7. The smallest absolute Gasteiger partial charge is 0.152 e. The quantitative estimate of drug-likeness (QED) is 0.734. The Labute approximate surface area is 129 Å². The van der Waals surface area contributed by atoms with Crippen LogP contribution in [0.5, 0.6) is 5.75 Å². The molecule has 3 aromatic rings. The minimum atomic E-state index is -0.260. The van der Waals surface area contributed by atoms with Crippen molar-refractivity contribution in [1.82, 2.24) is 9.55 Å². The minimum Gasteiger partial charge on any atom is -0.497 e. The van der Waals surface area contributed by atoms with Gasteiger partial charge in [-0.3, -0.25) is 4.79 Å². The number of rotatable bonds is 4. The van der Waals surface area contributed by atoms with E-state index in [1.807, 2.05) is 60.0 Å². The highest BCUT2D eigenvalue weighted by Crippen LogP contribution is 2.29. The first-order chi connectivity index (χ1) is 10.6. The molecule has 0 radical (unpaired) electrons. The lowest BCUT2D eigenvalue weighted by atomic mass is 10.1. The molecule has 0 aliphatic carbocycles. The van der Waals surface area contributed by atoms with Crippen molar-refractivity contribution in [3.05, 3.63) is 48.5 Å². The molecule has 4 nitrogen and oxygen atoms in total. The van der Waals surface area contributed by atoms with Crippen molar-refractivity contribution in [1.29, 1.82) is 0 Å². The number of methoxy groups -OCH3 is 1. The fourth-order valence-corrected chi connectivity index (χ4v) is 2.56. The van der Waals surface area contributed by atoms with Gasteiger partial charge in [0.1, 0.15) is 11.6 Å². The number of benzene rings is 2.